The van der Waals surface area contributed by atoms with Crippen molar-refractivity contribution in [2.24, 2.45) is 0 Å². The first-order valence-electron chi connectivity index (χ1n) is 8.51. The molecule has 27 heavy (non-hydrogen) atoms. The lowest BCUT2D eigenvalue weighted by molar-refractivity contribution is 0.0306. The van der Waals surface area contributed by atoms with E-state index in [9.17, 15) is 13.2 Å². The van der Waals surface area contributed by atoms with Gasteiger partial charge >= 0.3 is 0 Å². The highest BCUT2D eigenvalue weighted by Crippen LogP contribution is 2.30. The average molecular weight is 402 g/mol. The predicted molar refractivity (Wildman–Crippen MR) is 106 cm³/mol. The average Bonchev–Trinajstić information content (AvgIpc) is 3.12. The second-order valence-corrected chi connectivity index (χ2v) is 8.95. The van der Waals surface area contributed by atoms with Crippen LogP contribution in [0.3, 0.4) is 0 Å². The highest BCUT2D eigenvalue weighted by Gasteiger charge is 2.21. The summed E-state index contributed by atoms with van der Waals surface area (Å²) >= 11 is 1.41. The van der Waals surface area contributed by atoms with Crippen LogP contribution in [0.25, 0.3) is 10.1 Å². The van der Waals surface area contributed by atoms with Gasteiger partial charge in [-0.1, -0.05) is 18.2 Å². The molecule has 4 rings (SSSR count). The maximum Gasteiger partial charge on any atom is 0.264 e. The summed E-state index contributed by atoms with van der Waals surface area (Å²) < 4.78 is 33.8. The molecule has 1 N–H and O–H groups in total. The molecule has 1 aliphatic heterocycles. The zero-order chi connectivity index (χ0) is 18.9. The number of ether oxygens (including phenoxy) is 1. The molecule has 6 nitrogen and oxygen atoms in total. The Morgan fingerprint density at radius 1 is 1.04 bits per heavy atom. The standard InChI is InChI=1S/C19H18N2O4S2/c22-19(21-8-10-25-11-9-21)18-13-14-12-15(6-7-17(14)26-18)20-27(23,24)16-4-2-1-3-5-16/h1-7,12-13,20H,8-11H2. The number of benzene rings is 2. The number of carbonyl (C=O) groups excluding carboxylic acids is 1. The van der Waals surface area contributed by atoms with Gasteiger partial charge in [0.15, 0.2) is 0 Å². The van der Waals surface area contributed by atoms with Gasteiger partial charge in [0, 0.05) is 23.5 Å². The molecule has 140 valence electrons. The number of thiophene rings is 1. The van der Waals surface area contributed by atoms with E-state index in [-0.39, 0.29) is 10.8 Å². The molecule has 1 aliphatic rings. The molecule has 1 saturated heterocycles. The van der Waals surface area contributed by atoms with Crippen LogP contribution in [0, 0.1) is 0 Å². The Morgan fingerprint density at radius 2 is 1.78 bits per heavy atom. The third-order valence-electron chi connectivity index (χ3n) is 4.33. The monoisotopic (exact) mass is 402 g/mol. The van der Waals surface area contributed by atoms with Gasteiger partial charge in [0.05, 0.1) is 23.0 Å². The Bertz CT molecular complexity index is 1070. The zero-order valence-corrected chi connectivity index (χ0v) is 16.1. The number of rotatable bonds is 4. The van der Waals surface area contributed by atoms with Crippen LogP contribution in [-0.2, 0) is 14.8 Å². The molecule has 0 aliphatic carbocycles. The number of fused-ring (bicyclic) bond motifs is 1. The number of morpholine rings is 1. The van der Waals surface area contributed by atoms with E-state index >= 15 is 0 Å². The van der Waals surface area contributed by atoms with Crippen molar-refractivity contribution in [2.45, 2.75) is 4.90 Å². The minimum Gasteiger partial charge on any atom is -0.378 e. The molecule has 1 amide bonds. The molecule has 1 fully saturated rings. The number of hydrogen-bond donors (Lipinski definition) is 1. The van der Waals surface area contributed by atoms with Gasteiger partial charge in [-0.2, -0.15) is 0 Å². The van der Waals surface area contributed by atoms with Gasteiger partial charge < -0.3 is 9.64 Å². The van der Waals surface area contributed by atoms with Crippen molar-refractivity contribution in [3.05, 3.63) is 59.5 Å². The van der Waals surface area contributed by atoms with Crippen molar-refractivity contribution in [3.63, 3.8) is 0 Å². The maximum absolute atomic E-state index is 12.6. The van der Waals surface area contributed by atoms with E-state index in [0.29, 0.717) is 36.9 Å². The third kappa shape index (κ3) is 3.83. The van der Waals surface area contributed by atoms with Gasteiger partial charge in [0.25, 0.3) is 15.9 Å². The Labute approximate surface area is 161 Å². The van der Waals surface area contributed by atoms with Crippen molar-refractivity contribution >= 4 is 43.0 Å². The van der Waals surface area contributed by atoms with E-state index in [1.807, 2.05) is 12.1 Å². The van der Waals surface area contributed by atoms with Crippen LogP contribution < -0.4 is 4.72 Å². The zero-order valence-electron chi connectivity index (χ0n) is 14.4. The number of anilines is 1. The molecule has 0 spiro atoms. The largest absolute Gasteiger partial charge is 0.378 e. The van der Waals surface area contributed by atoms with Gasteiger partial charge in [-0.3, -0.25) is 9.52 Å². The SMILES string of the molecule is O=C(c1cc2cc(NS(=O)(=O)c3ccccc3)ccc2s1)N1CCOCC1. The summed E-state index contributed by atoms with van der Waals surface area (Å²) in [4.78, 5) is 15.3. The highest BCUT2D eigenvalue weighted by atomic mass is 32.2. The second-order valence-electron chi connectivity index (χ2n) is 6.19. The lowest BCUT2D eigenvalue weighted by Crippen LogP contribution is -2.40. The first kappa shape index (κ1) is 18.0. The predicted octanol–water partition coefficient (Wildman–Crippen LogP) is 3.17. The lowest BCUT2D eigenvalue weighted by Gasteiger charge is -2.26. The molecule has 1 aromatic heterocycles. The van der Waals surface area contributed by atoms with E-state index in [1.54, 1.807) is 47.4 Å². The van der Waals surface area contributed by atoms with E-state index < -0.39 is 10.0 Å². The van der Waals surface area contributed by atoms with Gasteiger partial charge in [-0.15, -0.1) is 11.3 Å². The summed E-state index contributed by atoms with van der Waals surface area (Å²) in [5, 5.41) is 0.838. The molecular weight excluding hydrogens is 384 g/mol. The molecule has 8 heteroatoms. The maximum atomic E-state index is 12.6. The fourth-order valence-corrected chi connectivity index (χ4v) is 5.03. The topological polar surface area (TPSA) is 75.7 Å². The lowest BCUT2D eigenvalue weighted by atomic mass is 10.2. The molecule has 0 radical (unpaired) electrons. The summed E-state index contributed by atoms with van der Waals surface area (Å²) in [6.07, 6.45) is 0. The summed E-state index contributed by atoms with van der Waals surface area (Å²) in [5.74, 6) is -0.00841. The number of carbonyl (C=O) groups is 1. The number of hydrogen-bond acceptors (Lipinski definition) is 5. The third-order valence-corrected chi connectivity index (χ3v) is 6.83. The first-order chi connectivity index (χ1) is 13.0. The Balaban J connectivity index is 1.58. The Kier molecular flexibility index (Phi) is 4.86. The summed E-state index contributed by atoms with van der Waals surface area (Å²) in [6, 6.07) is 15.3. The first-order valence-corrected chi connectivity index (χ1v) is 10.8. The van der Waals surface area contributed by atoms with Gasteiger partial charge in [-0.05, 0) is 41.8 Å². The van der Waals surface area contributed by atoms with Gasteiger partial charge in [-0.25, -0.2) is 8.42 Å². The number of nitrogens with one attached hydrogen (secondary N) is 1. The van der Waals surface area contributed by atoms with Crippen LogP contribution in [-0.4, -0.2) is 45.5 Å². The molecule has 0 unspecified atom stereocenters. The smallest absolute Gasteiger partial charge is 0.264 e. The van der Waals surface area contributed by atoms with Crippen molar-refractivity contribution in [3.8, 4) is 0 Å². The van der Waals surface area contributed by atoms with Crippen molar-refractivity contribution < 1.29 is 17.9 Å². The van der Waals surface area contributed by atoms with E-state index in [4.69, 9.17) is 4.74 Å². The molecule has 2 aromatic carbocycles. The molecular formula is C19H18N2O4S2. The van der Waals surface area contributed by atoms with E-state index in [1.165, 1.54) is 11.3 Å². The summed E-state index contributed by atoms with van der Waals surface area (Å²) in [6.45, 7) is 2.30. The minimum absolute atomic E-state index is 0.00841. The molecule has 0 saturated carbocycles. The molecule has 0 bridgehead atoms. The summed E-state index contributed by atoms with van der Waals surface area (Å²) in [5.41, 5.74) is 0.467. The number of amides is 1. The van der Waals surface area contributed by atoms with Crippen LogP contribution in [0.15, 0.2) is 59.5 Å². The fourth-order valence-electron chi connectivity index (χ4n) is 2.95. The summed E-state index contributed by atoms with van der Waals surface area (Å²) in [7, 11) is -3.64. The minimum atomic E-state index is -3.64. The second kappa shape index (κ2) is 7.30. The van der Waals surface area contributed by atoms with Crippen molar-refractivity contribution in [1.82, 2.24) is 4.90 Å². The van der Waals surface area contributed by atoms with Crippen LogP contribution in [0.2, 0.25) is 0 Å². The quantitative estimate of drug-likeness (QED) is 0.727. The molecule has 0 atom stereocenters. The fraction of sp³-hybridized carbons (Fsp3) is 0.211. The Hall–Kier alpha value is -2.42. The highest BCUT2D eigenvalue weighted by molar-refractivity contribution is 7.92. The van der Waals surface area contributed by atoms with Gasteiger partial charge in [0.2, 0.25) is 0 Å². The van der Waals surface area contributed by atoms with E-state index in [0.717, 1.165) is 10.1 Å². The molecule has 3 aromatic rings. The Morgan fingerprint density at radius 3 is 2.52 bits per heavy atom. The van der Waals surface area contributed by atoms with Crippen LogP contribution >= 0.6 is 11.3 Å². The van der Waals surface area contributed by atoms with Crippen molar-refractivity contribution in [1.29, 1.82) is 0 Å². The van der Waals surface area contributed by atoms with E-state index in [2.05, 4.69) is 4.72 Å². The van der Waals surface area contributed by atoms with Gasteiger partial charge in [0.1, 0.15) is 0 Å². The van der Waals surface area contributed by atoms with Crippen molar-refractivity contribution in [2.75, 3.05) is 31.0 Å². The number of sulfonamides is 1. The normalized spacial score (nSPS) is 15.0. The van der Waals surface area contributed by atoms with Crippen LogP contribution in [0.5, 0.6) is 0 Å². The van der Waals surface area contributed by atoms with Crippen LogP contribution in [0.1, 0.15) is 9.67 Å². The van der Waals surface area contributed by atoms with Crippen LogP contribution in [0.4, 0.5) is 5.69 Å². The number of nitrogens with zero attached hydrogens (tertiary/aromatic N) is 1. The molecule has 2 heterocycles.